The van der Waals surface area contributed by atoms with Crippen LogP contribution < -0.4 is 0 Å². The van der Waals surface area contributed by atoms with Crippen LogP contribution in [-0.2, 0) is 9.47 Å². The van der Waals surface area contributed by atoms with Crippen molar-refractivity contribution >= 4 is 27.9 Å². The third kappa shape index (κ3) is 4.80. The van der Waals surface area contributed by atoms with E-state index in [2.05, 4.69) is 15.9 Å². The lowest BCUT2D eigenvalue weighted by Crippen LogP contribution is -2.56. The molecule has 1 aliphatic carbocycles. The first kappa shape index (κ1) is 24.2. The fraction of sp³-hybridized carbons (Fsp3) is 0.360. The molecule has 6 nitrogen and oxygen atoms in total. The highest BCUT2D eigenvalue weighted by atomic mass is 79.9. The van der Waals surface area contributed by atoms with Gasteiger partial charge in [0, 0.05) is 16.3 Å². The monoisotopic (exact) mass is 502 g/mol. The van der Waals surface area contributed by atoms with E-state index in [4.69, 9.17) is 9.47 Å². The molecule has 3 rings (SSSR count). The number of ether oxygens (including phenoxy) is 2. The number of aliphatic hydroxyl groups excluding tert-OH is 1. The highest BCUT2D eigenvalue weighted by molar-refractivity contribution is 9.10. The van der Waals surface area contributed by atoms with Crippen molar-refractivity contribution in [1.29, 1.82) is 0 Å². The number of benzene rings is 2. The summed E-state index contributed by atoms with van der Waals surface area (Å²) in [4.78, 5) is 25.1. The van der Waals surface area contributed by atoms with Gasteiger partial charge in [-0.05, 0) is 54.5 Å². The van der Waals surface area contributed by atoms with Crippen LogP contribution in [0.4, 0.5) is 0 Å². The number of carbonyl (C=O) groups is 2. The summed E-state index contributed by atoms with van der Waals surface area (Å²) in [6.07, 6.45) is -0.749. The van der Waals surface area contributed by atoms with E-state index < -0.39 is 29.1 Å². The SMILES string of the molecule is CC1=C(CO)C(C)(C)[C@](O)(COC(=O)c2ccccc2)C[C@@H]1OC(=O)c1ccc(Br)cc1. The summed E-state index contributed by atoms with van der Waals surface area (Å²) in [5.41, 5.74) is -0.492. The summed E-state index contributed by atoms with van der Waals surface area (Å²) in [6.45, 7) is 4.72. The highest BCUT2D eigenvalue weighted by Gasteiger charge is 2.53. The maximum atomic E-state index is 12.7. The van der Waals surface area contributed by atoms with Crippen LogP contribution in [0.5, 0.6) is 0 Å². The summed E-state index contributed by atoms with van der Waals surface area (Å²) < 4.78 is 12.0. The van der Waals surface area contributed by atoms with Gasteiger partial charge in [0.25, 0.3) is 0 Å². The van der Waals surface area contributed by atoms with Crippen molar-refractivity contribution in [2.45, 2.75) is 38.9 Å². The summed E-state index contributed by atoms with van der Waals surface area (Å²) in [5, 5.41) is 21.6. The summed E-state index contributed by atoms with van der Waals surface area (Å²) in [6, 6.07) is 15.3. The van der Waals surface area contributed by atoms with Crippen molar-refractivity contribution in [2.75, 3.05) is 13.2 Å². The second-order valence-corrected chi connectivity index (χ2v) is 9.44. The zero-order valence-corrected chi connectivity index (χ0v) is 19.9. The Labute approximate surface area is 196 Å². The molecule has 0 saturated heterocycles. The van der Waals surface area contributed by atoms with Crippen LogP contribution in [0, 0.1) is 5.41 Å². The van der Waals surface area contributed by atoms with Gasteiger partial charge in [-0.3, -0.25) is 0 Å². The van der Waals surface area contributed by atoms with Crippen LogP contribution in [-0.4, -0.2) is 47.1 Å². The van der Waals surface area contributed by atoms with Crippen molar-refractivity contribution in [3.05, 3.63) is 81.3 Å². The number of halogens is 1. The Balaban J connectivity index is 1.84. The maximum absolute atomic E-state index is 12.7. The number of carbonyl (C=O) groups excluding carboxylic acids is 2. The van der Waals surface area contributed by atoms with Gasteiger partial charge in [-0.1, -0.05) is 48.0 Å². The Morgan fingerprint density at radius 3 is 2.22 bits per heavy atom. The molecule has 0 aromatic heterocycles. The van der Waals surface area contributed by atoms with E-state index in [1.165, 1.54) is 0 Å². The third-order valence-electron chi connectivity index (χ3n) is 6.34. The largest absolute Gasteiger partial charge is 0.459 e. The molecule has 0 fully saturated rings. The van der Waals surface area contributed by atoms with E-state index in [0.717, 1.165) is 4.47 Å². The van der Waals surface area contributed by atoms with Gasteiger partial charge in [-0.2, -0.15) is 0 Å². The van der Waals surface area contributed by atoms with Crippen LogP contribution >= 0.6 is 15.9 Å². The first-order valence-electron chi connectivity index (χ1n) is 10.3. The molecule has 1 aliphatic rings. The summed E-state index contributed by atoms with van der Waals surface area (Å²) in [5.74, 6) is -1.10. The Kier molecular flexibility index (Phi) is 7.22. The Hall–Kier alpha value is -2.48. The van der Waals surface area contributed by atoms with Crippen molar-refractivity contribution < 1.29 is 29.3 Å². The molecule has 0 radical (unpaired) electrons. The third-order valence-corrected chi connectivity index (χ3v) is 6.87. The van der Waals surface area contributed by atoms with Crippen molar-refractivity contribution in [1.82, 2.24) is 0 Å². The first-order valence-corrected chi connectivity index (χ1v) is 11.1. The van der Waals surface area contributed by atoms with Gasteiger partial charge in [-0.25, -0.2) is 9.59 Å². The Morgan fingerprint density at radius 1 is 1.03 bits per heavy atom. The van der Waals surface area contributed by atoms with Gasteiger partial charge in [0.15, 0.2) is 0 Å². The van der Waals surface area contributed by atoms with Crippen LogP contribution in [0.2, 0.25) is 0 Å². The van der Waals surface area contributed by atoms with E-state index in [-0.39, 0.29) is 19.6 Å². The number of hydrogen-bond acceptors (Lipinski definition) is 6. The fourth-order valence-electron chi connectivity index (χ4n) is 4.00. The van der Waals surface area contributed by atoms with E-state index in [9.17, 15) is 19.8 Å². The minimum atomic E-state index is -1.56. The van der Waals surface area contributed by atoms with Gasteiger partial charge < -0.3 is 19.7 Å². The summed E-state index contributed by atoms with van der Waals surface area (Å²) >= 11 is 3.33. The normalized spacial score (nSPS) is 22.4. The Morgan fingerprint density at radius 2 is 1.62 bits per heavy atom. The number of hydrogen-bond donors (Lipinski definition) is 2. The molecular weight excluding hydrogens is 476 g/mol. The number of rotatable bonds is 6. The molecule has 2 atom stereocenters. The van der Waals surface area contributed by atoms with Crippen LogP contribution in [0.3, 0.4) is 0 Å². The molecule has 32 heavy (non-hydrogen) atoms. The zero-order valence-electron chi connectivity index (χ0n) is 18.3. The molecule has 0 saturated carbocycles. The molecule has 0 heterocycles. The number of aliphatic hydroxyl groups is 2. The van der Waals surface area contributed by atoms with Gasteiger partial charge >= 0.3 is 11.9 Å². The maximum Gasteiger partial charge on any atom is 0.338 e. The van der Waals surface area contributed by atoms with Gasteiger partial charge in [0.2, 0.25) is 0 Å². The smallest absolute Gasteiger partial charge is 0.338 e. The highest BCUT2D eigenvalue weighted by Crippen LogP contribution is 2.48. The molecule has 2 aromatic carbocycles. The van der Waals surface area contributed by atoms with Gasteiger partial charge in [0.05, 0.1) is 17.7 Å². The predicted octanol–water partition coefficient (Wildman–Crippen LogP) is 4.30. The number of esters is 2. The van der Waals surface area contributed by atoms with E-state index >= 15 is 0 Å². The lowest BCUT2D eigenvalue weighted by molar-refractivity contribution is -0.124. The van der Waals surface area contributed by atoms with Crippen LogP contribution in [0.1, 0.15) is 47.9 Å². The molecule has 0 spiro atoms. The lowest BCUT2D eigenvalue weighted by Gasteiger charge is -2.49. The lowest BCUT2D eigenvalue weighted by atomic mass is 9.62. The second-order valence-electron chi connectivity index (χ2n) is 8.52. The zero-order chi connectivity index (χ0) is 23.5. The van der Waals surface area contributed by atoms with Crippen molar-refractivity contribution in [2.24, 2.45) is 5.41 Å². The molecule has 0 aliphatic heterocycles. The van der Waals surface area contributed by atoms with Crippen molar-refractivity contribution in [3.63, 3.8) is 0 Å². The van der Waals surface area contributed by atoms with Gasteiger partial charge in [0.1, 0.15) is 18.3 Å². The minimum Gasteiger partial charge on any atom is -0.459 e. The first-order chi connectivity index (χ1) is 15.1. The molecule has 0 amide bonds. The van der Waals surface area contributed by atoms with Crippen molar-refractivity contribution in [3.8, 4) is 0 Å². The summed E-state index contributed by atoms with van der Waals surface area (Å²) in [7, 11) is 0. The van der Waals surface area contributed by atoms with E-state index in [1.54, 1.807) is 75.4 Å². The molecule has 2 N–H and O–H groups in total. The molecule has 2 aromatic rings. The molecule has 0 unspecified atom stereocenters. The molecule has 7 heteroatoms. The van der Waals surface area contributed by atoms with Gasteiger partial charge in [-0.15, -0.1) is 0 Å². The molecule has 170 valence electrons. The second kappa shape index (κ2) is 9.57. The average molecular weight is 503 g/mol. The minimum absolute atomic E-state index is 0.0275. The molecular formula is C25H27BrO6. The van der Waals surface area contributed by atoms with Crippen LogP contribution in [0.25, 0.3) is 0 Å². The quantitative estimate of drug-likeness (QED) is 0.451. The topological polar surface area (TPSA) is 93.1 Å². The fourth-order valence-corrected chi connectivity index (χ4v) is 4.26. The van der Waals surface area contributed by atoms with E-state index in [0.29, 0.717) is 22.3 Å². The predicted molar refractivity (Wildman–Crippen MR) is 123 cm³/mol. The average Bonchev–Trinajstić information content (AvgIpc) is 2.77. The van der Waals surface area contributed by atoms with E-state index in [1.807, 2.05) is 0 Å². The molecule has 0 bridgehead atoms. The van der Waals surface area contributed by atoms with Crippen LogP contribution in [0.15, 0.2) is 70.2 Å². The Bertz CT molecular complexity index is 1010. The standard InChI is InChI=1S/C25H27BrO6/c1-16-20(14-27)24(2,3)25(30,15-31-22(28)17-7-5-4-6-8-17)13-21(16)32-23(29)18-9-11-19(26)12-10-18/h4-12,21,27,30H,13-15H2,1-3H3/t21-,25+/m0/s1.